The molecule has 3 fully saturated rings. The van der Waals surface area contributed by atoms with Gasteiger partial charge < -0.3 is 9.84 Å². The van der Waals surface area contributed by atoms with Crippen molar-refractivity contribution >= 4 is 64.2 Å². The number of phenols is 1. The first kappa shape index (κ1) is 31.4. The van der Waals surface area contributed by atoms with Crippen molar-refractivity contribution in [1.82, 2.24) is 14.9 Å². The molecule has 1 aromatic carbocycles. The number of imide groups is 2. The fourth-order valence-corrected chi connectivity index (χ4v) is 8.41. The van der Waals surface area contributed by atoms with Crippen molar-refractivity contribution in [3.63, 3.8) is 0 Å². The normalized spacial score (nSPS) is 31.1. The number of ether oxygens (including phenoxy) is 1. The molecule has 2 aromatic rings. The number of rotatable bonds is 4. The van der Waals surface area contributed by atoms with Gasteiger partial charge in [0.1, 0.15) is 17.2 Å². The molecule has 2 aliphatic heterocycles. The molecule has 6 rings (SSSR count). The SMILES string of the molecule is COc1ccc(O)c([C@H]2C3=CC[C@@H]4C(=O)N(N(C)c5nc(C(F)(F)F)ccc5Cl)C(=O)[C@@H]4[C@@H]3C[C@@]3(Cl)C(=O)N(C)C(=O)[C@@]23Cl)c1. The summed E-state index contributed by atoms with van der Waals surface area (Å²) in [5.41, 5.74) is -0.757. The van der Waals surface area contributed by atoms with Crippen LogP contribution in [0.15, 0.2) is 42.0 Å². The highest BCUT2D eigenvalue weighted by Crippen LogP contribution is 2.66. The van der Waals surface area contributed by atoms with Crippen molar-refractivity contribution in [3.05, 3.63) is 58.3 Å². The average Bonchev–Trinajstić information content (AvgIpc) is 3.31. The zero-order valence-corrected chi connectivity index (χ0v) is 26.0. The molecule has 10 nitrogen and oxygen atoms in total. The Bertz CT molecular complexity index is 1720. The van der Waals surface area contributed by atoms with Crippen LogP contribution in [0.2, 0.25) is 5.02 Å². The lowest BCUT2D eigenvalue weighted by Gasteiger charge is -2.50. The Morgan fingerprint density at radius 2 is 1.76 bits per heavy atom. The van der Waals surface area contributed by atoms with E-state index in [0.717, 1.165) is 16.0 Å². The standard InChI is InChI=1S/C29H24Cl3F3N4O6/c1-37-25(43)27(31)11-16-13(21(28(27,32)26(37)44)15-10-12(45-3)4-8-18(15)40)5-6-14-20(16)24(42)39(23(14)41)38(2)22-17(30)7-9-19(36-22)29(33,34)35/h4-5,7-10,14,16,20-21,40H,6,11H2,1-3H3/t14-,16+,20-,21+,27+,28-/m0/s1. The molecule has 16 heteroatoms. The van der Waals surface area contributed by atoms with Crippen molar-refractivity contribution in [3.8, 4) is 11.5 Å². The highest BCUT2D eigenvalue weighted by molar-refractivity contribution is 6.53. The van der Waals surface area contributed by atoms with E-state index < -0.39 is 74.7 Å². The highest BCUT2D eigenvalue weighted by atomic mass is 35.5. The number of methoxy groups -OCH3 is 1. The van der Waals surface area contributed by atoms with Gasteiger partial charge in [-0.05, 0) is 49.1 Å². The first-order valence-corrected chi connectivity index (χ1v) is 14.7. The van der Waals surface area contributed by atoms with Gasteiger partial charge in [0.25, 0.3) is 23.6 Å². The number of aromatic nitrogens is 1. The minimum absolute atomic E-state index is 0.0172. The molecule has 45 heavy (non-hydrogen) atoms. The fraction of sp³-hybridized carbons (Fsp3) is 0.414. The second kappa shape index (κ2) is 10.2. The molecule has 4 aliphatic rings. The molecule has 4 amide bonds. The number of allylic oxidation sites excluding steroid dienone is 2. The van der Waals surface area contributed by atoms with E-state index >= 15 is 0 Å². The number of amides is 4. The number of phenolic OH excluding ortho intramolecular Hbond substituents is 1. The Morgan fingerprint density at radius 3 is 2.40 bits per heavy atom. The Balaban J connectivity index is 1.47. The van der Waals surface area contributed by atoms with Crippen LogP contribution in [0.4, 0.5) is 19.0 Å². The van der Waals surface area contributed by atoms with Crippen molar-refractivity contribution in [2.75, 3.05) is 26.2 Å². The van der Waals surface area contributed by atoms with Crippen LogP contribution in [0, 0.1) is 17.8 Å². The van der Waals surface area contributed by atoms with Gasteiger partial charge in [0.2, 0.25) is 0 Å². The Labute approximate surface area is 269 Å². The Morgan fingerprint density at radius 1 is 1.07 bits per heavy atom. The molecule has 2 aliphatic carbocycles. The topological polar surface area (TPSA) is 120 Å². The zero-order valence-electron chi connectivity index (χ0n) is 23.7. The monoisotopic (exact) mass is 686 g/mol. The predicted molar refractivity (Wildman–Crippen MR) is 155 cm³/mol. The highest BCUT2D eigenvalue weighted by Gasteiger charge is 2.76. The zero-order chi connectivity index (χ0) is 33.0. The maximum Gasteiger partial charge on any atom is 0.433 e. The van der Waals surface area contributed by atoms with Crippen LogP contribution in [0.3, 0.4) is 0 Å². The summed E-state index contributed by atoms with van der Waals surface area (Å²) >= 11 is 20.4. The molecule has 1 aromatic heterocycles. The second-order valence-electron chi connectivity index (χ2n) is 11.4. The summed E-state index contributed by atoms with van der Waals surface area (Å²) in [6.45, 7) is 0. The van der Waals surface area contributed by atoms with Gasteiger partial charge in [-0.2, -0.15) is 18.2 Å². The van der Waals surface area contributed by atoms with Gasteiger partial charge in [-0.15, -0.1) is 23.2 Å². The van der Waals surface area contributed by atoms with E-state index in [1.807, 2.05) is 0 Å². The molecular weight excluding hydrogens is 664 g/mol. The molecule has 1 saturated carbocycles. The number of anilines is 1. The van der Waals surface area contributed by atoms with E-state index in [1.54, 1.807) is 6.08 Å². The number of likely N-dealkylation sites (tertiary alicyclic amines) is 1. The van der Waals surface area contributed by atoms with Gasteiger partial charge >= 0.3 is 6.18 Å². The number of alkyl halides is 5. The van der Waals surface area contributed by atoms with Gasteiger partial charge in [-0.3, -0.25) is 29.1 Å². The van der Waals surface area contributed by atoms with Crippen molar-refractivity contribution in [2.24, 2.45) is 17.8 Å². The third-order valence-corrected chi connectivity index (χ3v) is 11.0. The summed E-state index contributed by atoms with van der Waals surface area (Å²) in [6, 6.07) is 5.90. The number of benzene rings is 1. The molecule has 3 heterocycles. The minimum atomic E-state index is -4.82. The third kappa shape index (κ3) is 4.19. The first-order valence-electron chi connectivity index (χ1n) is 13.6. The van der Waals surface area contributed by atoms with Gasteiger partial charge in [0, 0.05) is 25.6 Å². The molecule has 238 valence electrons. The van der Waals surface area contributed by atoms with Crippen LogP contribution in [0.5, 0.6) is 11.5 Å². The molecule has 0 bridgehead atoms. The largest absolute Gasteiger partial charge is 0.508 e. The lowest BCUT2D eigenvalue weighted by atomic mass is 9.56. The van der Waals surface area contributed by atoms with Gasteiger partial charge in [-0.25, -0.2) is 4.98 Å². The van der Waals surface area contributed by atoms with E-state index in [9.17, 15) is 37.5 Å². The second-order valence-corrected chi connectivity index (χ2v) is 13.1. The van der Waals surface area contributed by atoms with E-state index in [4.69, 9.17) is 39.5 Å². The quantitative estimate of drug-likeness (QED) is 0.284. The molecule has 0 spiro atoms. The number of aromatic hydroxyl groups is 1. The summed E-state index contributed by atoms with van der Waals surface area (Å²) in [5.74, 6) is -7.91. The number of pyridine rings is 1. The molecule has 6 atom stereocenters. The molecule has 2 saturated heterocycles. The number of carbonyl (C=O) groups excluding carboxylic acids is 4. The predicted octanol–water partition coefficient (Wildman–Crippen LogP) is 4.51. The van der Waals surface area contributed by atoms with E-state index in [1.165, 1.54) is 39.4 Å². The maximum absolute atomic E-state index is 14.1. The van der Waals surface area contributed by atoms with Crippen molar-refractivity contribution in [1.29, 1.82) is 0 Å². The Hall–Kier alpha value is -3.55. The van der Waals surface area contributed by atoms with E-state index in [-0.39, 0.29) is 29.2 Å². The van der Waals surface area contributed by atoms with E-state index in [0.29, 0.717) is 22.4 Å². The number of hydrogen-bond donors (Lipinski definition) is 1. The average molecular weight is 688 g/mol. The number of halogens is 6. The number of hydrazine groups is 1. The van der Waals surface area contributed by atoms with Gasteiger partial charge in [-0.1, -0.05) is 23.3 Å². The van der Waals surface area contributed by atoms with Crippen molar-refractivity contribution < 1.29 is 42.2 Å². The lowest BCUT2D eigenvalue weighted by Crippen LogP contribution is -2.60. The number of hydrogen-bond acceptors (Lipinski definition) is 8. The van der Waals surface area contributed by atoms with Gasteiger partial charge in [0.15, 0.2) is 15.6 Å². The van der Waals surface area contributed by atoms with Crippen molar-refractivity contribution in [2.45, 2.75) is 34.7 Å². The molecular formula is C29H24Cl3F3N4O6. The molecule has 1 N–H and O–H groups in total. The minimum Gasteiger partial charge on any atom is -0.508 e. The number of nitrogens with zero attached hydrogens (tertiary/aromatic N) is 4. The van der Waals surface area contributed by atoms with Crippen LogP contribution in [0.1, 0.15) is 30.0 Å². The maximum atomic E-state index is 14.1. The van der Waals surface area contributed by atoms with Crippen LogP contribution in [0.25, 0.3) is 0 Å². The first-order chi connectivity index (χ1) is 21.0. The van der Waals surface area contributed by atoms with Crippen LogP contribution < -0.4 is 9.75 Å². The van der Waals surface area contributed by atoms with Gasteiger partial charge in [0.05, 0.1) is 24.0 Å². The summed E-state index contributed by atoms with van der Waals surface area (Å²) in [7, 11) is 3.81. The summed E-state index contributed by atoms with van der Waals surface area (Å²) in [4.78, 5) is 55.3. The number of carbonyl (C=O) groups is 4. The lowest BCUT2D eigenvalue weighted by molar-refractivity contribution is -0.141. The summed E-state index contributed by atoms with van der Waals surface area (Å²) < 4.78 is 45.7. The number of fused-ring (bicyclic) bond motifs is 4. The van der Waals surface area contributed by atoms with Crippen LogP contribution in [-0.2, 0) is 25.4 Å². The third-order valence-electron chi connectivity index (χ3n) is 9.26. The fourth-order valence-electron chi connectivity index (χ4n) is 7.17. The van der Waals surface area contributed by atoms with Crippen LogP contribution >= 0.6 is 34.8 Å². The summed E-state index contributed by atoms with van der Waals surface area (Å²) in [5, 5.41) is 12.3. The van der Waals surface area contributed by atoms with Crippen LogP contribution in [-0.4, -0.2) is 74.6 Å². The molecule has 0 unspecified atom stereocenters. The Kier molecular flexibility index (Phi) is 7.15. The van der Waals surface area contributed by atoms with E-state index in [2.05, 4.69) is 4.98 Å². The molecule has 0 radical (unpaired) electrons. The summed E-state index contributed by atoms with van der Waals surface area (Å²) in [6.07, 6.45) is -3.51. The smallest absolute Gasteiger partial charge is 0.433 e.